The number of piperazine rings is 1. The Bertz CT molecular complexity index is 1090. The summed E-state index contributed by atoms with van der Waals surface area (Å²) < 4.78 is 25.6. The van der Waals surface area contributed by atoms with Crippen LogP contribution in [0, 0.1) is 5.92 Å². The lowest BCUT2D eigenvalue weighted by atomic mass is 9.99. The summed E-state index contributed by atoms with van der Waals surface area (Å²) in [7, 11) is -3.11. The fourth-order valence-corrected chi connectivity index (χ4v) is 5.98. The van der Waals surface area contributed by atoms with Crippen LogP contribution >= 0.6 is 0 Å². The number of nitrogens with zero attached hydrogens (tertiary/aromatic N) is 3. The molecule has 2 saturated heterocycles. The standard InChI is InChI=1S/C28H40N4O3S/c1-3-36(34,35)32-18-16-31(17-19-32)22-26-8-10-27(11-9-26)28(33)29-20-24-4-6-25(7-5-24)21-30-14-12-23(2)13-15-30/h4-11,23H,3,12-22H2,1-2H3,(H,29,33). The summed E-state index contributed by atoms with van der Waals surface area (Å²) in [5, 5.41) is 3.02. The van der Waals surface area contributed by atoms with Crippen LogP contribution in [0.4, 0.5) is 0 Å². The lowest BCUT2D eigenvalue weighted by Gasteiger charge is -2.33. The Labute approximate surface area is 216 Å². The number of benzene rings is 2. The molecule has 1 N–H and O–H groups in total. The van der Waals surface area contributed by atoms with Crippen LogP contribution in [0.1, 0.15) is 53.7 Å². The number of nitrogens with one attached hydrogen (secondary N) is 1. The first-order valence-corrected chi connectivity index (χ1v) is 14.8. The zero-order valence-electron chi connectivity index (χ0n) is 21.7. The molecule has 7 nitrogen and oxygen atoms in total. The van der Waals surface area contributed by atoms with Crippen molar-refractivity contribution in [1.82, 2.24) is 19.4 Å². The van der Waals surface area contributed by atoms with Gasteiger partial charge in [-0.05, 0) is 67.6 Å². The average molecular weight is 513 g/mol. The molecule has 8 heteroatoms. The van der Waals surface area contributed by atoms with E-state index >= 15 is 0 Å². The molecule has 4 rings (SSSR count). The molecule has 2 aliphatic heterocycles. The minimum atomic E-state index is -3.11. The third-order valence-corrected chi connectivity index (χ3v) is 9.35. The van der Waals surface area contributed by atoms with Gasteiger partial charge in [-0.3, -0.25) is 14.6 Å². The highest BCUT2D eigenvalue weighted by Crippen LogP contribution is 2.18. The van der Waals surface area contributed by atoms with E-state index in [2.05, 4.69) is 46.3 Å². The van der Waals surface area contributed by atoms with Gasteiger partial charge < -0.3 is 5.32 Å². The van der Waals surface area contributed by atoms with Gasteiger partial charge in [-0.2, -0.15) is 4.31 Å². The van der Waals surface area contributed by atoms with Gasteiger partial charge in [0, 0.05) is 51.4 Å². The van der Waals surface area contributed by atoms with E-state index in [0.717, 1.165) is 43.2 Å². The van der Waals surface area contributed by atoms with Crippen molar-refractivity contribution >= 4 is 15.9 Å². The molecule has 36 heavy (non-hydrogen) atoms. The molecule has 0 aromatic heterocycles. The zero-order valence-corrected chi connectivity index (χ0v) is 22.5. The normalized spacial score (nSPS) is 18.8. The van der Waals surface area contributed by atoms with Gasteiger partial charge in [-0.1, -0.05) is 43.3 Å². The van der Waals surface area contributed by atoms with Crippen LogP contribution < -0.4 is 5.32 Å². The van der Waals surface area contributed by atoms with Gasteiger partial charge in [-0.15, -0.1) is 0 Å². The quantitative estimate of drug-likeness (QED) is 0.558. The molecule has 0 unspecified atom stereocenters. The summed E-state index contributed by atoms with van der Waals surface area (Å²) in [5.74, 6) is 0.921. The summed E-state index contributed by atoms with van der Waals surface area (Å²) in [6.07, 6.45) is 2.57. The first-order valence-electron chi connectivity index (χ1n) is 13.2. The molecule has 0 spiro atoms. The number of hydrogen-bond donors (Lipinski definition) is 1. The molecule has 1 amide bonds. The predicted molar refractivity (Wildman–Crippen MR) is 144 cm³/mol. The van der Waals surface area contributed by atoms with Crippen LogP contribution in [0.15, 0.2) is 48.5 Å². The minimum Gasteiger partial charge on any atom is -0.348 e. The van der Waals surface area contributed by atoms with Crippen LogP contribution in [0.2, 0.25) is 0 Å². The Morgan fingerprint density at radius 2 is 1.31 bits per heavy atom. The topological polar surface area (TPSA) is 73.0 Å². The number of piperidine rings is 1. The van der Waals surface area contributed by atoms with Gasteiger partial charge in [0.2, 0.25) is 10.0 Å². The second-order valence-electron chi connectivity index (χ2n) is 10.2. The lowest BCUT2D eigenvalue weighted by molar-refractivity contribution is 0.0951. The number of likely N-dealkylation sites (tertiary alicyclic amines) is 1. The number of amides is 1. The number of rotatable bonds is 9. The number of carbonyl (C=O) groups excluding carboxylic acids is 1. The molecular weight excluding hydrogens is 472 g/mol. The zero-order chi connectivity index (χ0) is 25.5. The fraction of sp³-hybridized carbons (Fsp3) is 0.536. The van der Waals surface area contributed by atoms with Gasteiger partial charge in [0.05, 0.1) is 5.75 Å². The molecule has 2 aromatic rings. The van der Waals surface area contributed by atoms with Crippen molar-refractivity contribution in [2.75, 3.05) is 45.0 Å². The highest BCUT2D eigenvalue weighted by atomic mass is 32.2. The van der Waals surface area contributed by atoms with Crippen molar-refractivity contribution in [3.8, 4) is 0 Å². The molecule has 0 saturated carbocycles. The maximum absolute atomic E-state index is 12.6. The first-order chi connectivity index (χ1) is 17.3. The van der Waals surface area contributed by atoms with Crippen molar-refractivity contribution < 1.29 is 13.2 Å². The summed E-state index contributed by atoms with van der Waals surface area (Å²) in [6.45, 7) is 11.2. The molecule has 0 aliphatic carbocycles. The summed E-state index contributed by atoms with van der Waals surface area (Å²) >= 11 is 0. The molecule has 2 fully saturated rings. The van der Waals surface area contributed by atoms with Crippen LogP contribution in [0.25, 0.3) is 0 Å². The Morgan fingerprint density at radius 1 is 0.806 bits per heavy atom. The van der Waals surface area contributed by atoms with Crippen molar-refractivity contribution in [3.63, 3.8) is 0 Å². The Kier molecular flexibility index (Phi) is 9.17. The van der Waals surface area contributed by atoms with Crippen molar-refractivity contribution in [1.29, 1.82) is 0 Å². The Balaban J connectivity index is 1.20. The van der Waals surface area contributed by atoms with Gasteiger partial charge in [-0.25, -0.2) is 8.42 Å². The molecule has 2 aliphatic rings. The maximum Gasteiger partial charge on any atom is 0.251 e. The molecule has 2 heterocycles. The first kappa shape index (κ1) is 26.8. The number of hydrogen-bond acceptors (Lipinski definition) is 5. The smallest absolute Gasteiger partial charge is 0.251 e. The van der Waals surface area contributed by atoms with E-state index in [9.17, 15) is 13.2 Å². The Hall–Kier alpha value is -2.26. The molecule has 2 aromatic carbocycles. The van der Waals surface area contributed by atoms with E-state index in [1.54, 1.807) is 11.2 Å². The van der Waals surface area contributed by atoms with Crippen LogP contribution in [-0.4, -0.2) is 73.5 Å². The van der Waals surface area contributed by atoms with E-state index in [1.807, 2.05) is 24.3 Å². The molecule has 0 bridgehead atoms. The van der Waals surface area contributed by atoms with E-state index in [1.165, 1.54) is 31.5 Å². The third kappa shape index (κ3) is 7.38. The molecule has 0 radical (unpaired) electrons. The van der Waals surface area contributed by atoms with Gasteiger partial charge in [0.1, 0.15) is 0 Å². The Morgan fingerprint density at radius 3 is 1.86 bits per heavy atom. The average Bonchev–Trinajstić information content (AvgIpc) is 2.90. The van der Waals surface area contributed by atoms with Gasteiger partial charge >= 0.3 is 0 Å². The second-order valence-corrected chi connectivity index (χ2v) is 12.5. The number of sulfonamides is 1. The highest BCUT2D eigenvalue weighted by Gasteiger charge is 2.25. The minimum absolute atomic E-state index is 0.0774. The summed E-state index contributed by atoms with van der Waals surface area (Å²) in [4.78, 5) is 17.4. The third-order valence-electron chi connectivity index (χ3n) is 7.47. The number of carbonyl (C=O) groups is 1. The fourth-order valence-electron chi connectivity index (χ4n) is 4.89. The summed E-state index contributed by atoms with van der Waals surface area (Å²) in [5.41, 5.74) is 4.19. The van der Waals surface area contributed by atoms with E-state index in [-0.39, 0.29) is 11.7 Å². The molecular formula is C28H40N4O3S. The van der Waals surface area contributed by atoms with E-state index in [4.69, 9.17) is 0 Å². The molecule has 196 valence electrons. The van der Waals surface area contributed by atoms with Gasteiger partial charge in [0.15, 0.2) is 0 Å². The maximum atomic E-state index is 12.6. The highest BCUT2D eigenvalue weighted by molar-refractivity contribution is 7.89. The SMILES string of the molecule is CCS(=O)(=O)N1CCN(Cc2ccc(C(=O)NCc3ccc(CN4CCC(C)CC4)cc3)cc2)CC1. The van der Waals surface area contributed by atoms with Gasteiger partial charge in [0.25, 0.3) is 5.91 Å². The van der Waals surface area contributed by atoms with E-state index < -0.39 is 10.0 Å². The lowest BCUT2D eigenvalue weighted by Crippen LogP contribution is -2.48. The van der Waals surface area contributed by atoms with E-state index in [0.29, 0.717) is 25.2 Å². The molecule has 0 atom stereocenters. The van der Waals surface area contributed by atoms with Crippen LogP contribution in [-0.2, 0) is 29.7 Å². The summed E-state index contributed by atoms with van der Waals surface area (Å²) in [6, 6.07) is 16.3. The van der Waals surface area contributed by atoms with Crippen LogP contribution in [0.5, 0.6) is 0 Å². The predicted octanol–water partition coefficient (Wildman–Crippen LogP) is 3.32. The monoisotopic (exact) mass is 512 g/mol. The second kappa shape index (κ2) is 12.3. The largest absolute Gasteiger partial charge is 0.348 e. The van der Waals surface area contributed by atoms with Crippen LogP contribution in [0.3, 0.4) is 0 Å². The van der Waals surface area contributed by atoms with Crippen molar-refractivity contribution in [2.45, 2.75) is 46.3 Å². The van der Waals surface area contributed by atoms with Crippen molar-refractivity contribution in [3.05, 3.63) is 70.8 Å². The van der Waals surface area contributed by atoms with Crippen molar-refractivity contribution in [2.24, 2.45) is 5.92 Å².